The van der Waals surface area contributed by atoms with Gasteiger partial charge in [-0.3, -0.25) is 4.90 Å². The highest BCUT2D eigenvalue weighted by Gasteiger charge is 2.17. The lowest BCUT2D eigenvalue weighted by Crippen LogP contribution is -2.35. The van der Waals surface area contributed by atoms with Gasteiger partial charge in [-0.1, -0.05) is 36.4 Å². The molecule has 0 unspecified atom stereocenters. The van der Waals surface area contributed by atoms with E-state index in [1.165, 1.54) is 26.0 Å². The number of nitrogens with zero attached hydrogens (tertiary/aromatic N) is 1. The molecule has 1 aliphatic rings. The van der Waals surface area contributed by atoms with E-state index in [1.807, 2.05) is 36.4 Å². The van der Waals surface area contributed by atoms with Crippen LogP contribution in [-0.4, -0.2) is 51.4 Å². The zero-order valence-electron chi connectivity index (χ0n) is 16.9. The second kappa shape index (κ2) is 10.6. The molecule has 6 nitrogen and oxygen atoms in total. The van der Waals surface area contributed by atoms with Gasteiger partial charge in [0.2, 0.25) is 0 Å². The Labute approximate surface area is 171 Å². The summed E-state index contributed by atoms with van der Waals surface area (Å²) in [6.07, 6.45) is 1.40. The van der Waals surface area contributed by atoms with Crippen molar-refractivity contribution in [2.45, 2.75) is 13.2 Å². The minimum absolute atomic E-state index is 0.329. The van der Waals surface area contributed by atoms with Crippen molar-refractivity contribution in [2.24, 2.45) is 0 Å². The molecule has 0 aromatic heterocycles. The van der Waals surface area contributed by atoms with Crippen LogP contribution in [0.25, 0.3) is 5.57 Å². The van der Waals surface area contributed by atoms with E-state index in [0.717, 1.165) is 49.7 Å². The lowest BCUT2D eigenvalue weighted by molar-refractivity contribution is -0.133. The van der Waals surface area contributed by atoms with Crippen LogP contribution in [0.4, 0.5) is 0 Å². The van der Waals surface area contributed by atoms with Crippen LogP contribution in [0.2, 0.25) is 0 Å². The molecule has 0 spiro atoms. The summed E-state index contributed by atoms with van der Waals surface area (Å²) in [5.41, 5.74) is 3.16. The van der Waals surface area contributed by atoms with Crippen LogP contribution in [0.3, 0.4) is 0 Å². The van der Waals surface area contributed by atoms with Gasteiger partial charge >= 0.3 is 5.97 Å². The number of morpholine rings is 1. The number of hydrogen-bond donors (Lipinski definition) is 0. The van der Waals surface area contributed by atoms with Crippen LogP contribution in [0.1, 0.15) is 16.7 Å². The summed E-state index contributed by atoms with van der Waals surface area (Å²) >= 11 is 0. The standard InChI is InChI=1S/C23H27NO5/c1-26-17-22(23(25)27-2)21-9-4-3-7-19(21)16-29-20-8-5-6-18(14-20)15-24-10-12-28-13-11-24/h3-9,14,17H,10-13,15-16H2,1-2H3. The molecule has 2 aromatic carbocycles. The quantitative estimate of drug-likeness (QED) is 0.387. The zero-order valence-corrected chi connectivity index (χ0v) is 16.9. The summed E-state index contributed by atoms with van der Waals surface area (Å²) in [6.45, 7) is 4.66. The zero-order chi connectivity index (χ0) is 20.5. The lowest BCUT2D eigenvalue weighted by Gasteiger charge is -2.26. The van der Waals surface area contributed by atoms with Crippen LogP contribution < -0.4 is 4.74 Å². The number of carbonyl (C=O) groups excluding carboxylic acids is 1. The summed E-state index contributed by atoms with van der Waals surface area (Å²) in [7, 11) is 2.85. The highest BCUT2D eigenvalue weighted by Crippen LogP contribution is 2.23. The molecule has 0 radical (unpaired) electrons. The Morgan fingerprint density at radius 2 is 1.90 bits per heavy atom. The first kappa shape index (κ1) is 20.9. The van der Waals surface area contributed by atoms with Gasteiger partial charge in [0.1, 0.15) is 17.9 Å². The van der Waals surface area contributed by atoms with E-state index >= 15 is 0 Å². The third-order valence-corrected chi connectivity index (χ3v) is 4.75. The molecule has 29 heavy (non-hydrogen) atoms. The summed E-state index contributed by atoms with van der Waals surface area (Å²) in [5.74, 6) is 0.340. The Bertz CT molecular complexity index is 843. The molecule has 1 saturated heterocycles. The highest BCUT2D eigenvalue weighted by molar-refractivity contribution is 6.16. The molecule has 2 aromatic rings. The average molecular weight is 397 g/mol. The summed E-state index contributed by atoms with van der Waals surface area (Å²) in [4.78, 5) is 14.5. The number of methoxy groups -OCH3 is 2. The Kier molecular flexibility index (Phi) is 7.67. The fourth-order valence-corrected chi connectivity index (χ4v) is 3.27. The summed E-state index contributed by atoms with van der Waals surface area (Å²) < 4.78 is 21.4. The minimum Gasteiger partial charge on any atom is -0.503 e. The predicted molar refractivity (Wildman–Crippen MR) is 110 cm³/mol. The maximum Gasteiger partial charge on any atom is 0.341 e. The number of rotatable bonds is 8. The van der Waals surface area contributed by atoms with Gasteiger partial charge < -0.3 is 18.9 Å². The first-order valence-corrected chi connectivity index (χ1v) is 9.62. The van der Waals surface area contributed by atoms with Gasteiger partial charge in [0.25, 0.3) is 0 Å². The lowest BCUT2D eigenvalue weighted by atomic mass is 10.0. The largest absolute Gasteiger partial charge is 0.503 e. The molecule has 0 aliphatic carbocycles. The minimum atomic E-state index is -0.452. The van der Waals surface area contributed by atoms with E-state index in [1.54, 1.807) is 0 Å². The number of esters is 1. The maximum atomic E-state index is 12.1. The van der Waals surface area contributed by atoms with E-state index in [2.05, 4.69) is 17.0 Å². The van der Waals surface area contributed by atoms with Crippen molar-refractivity contribution < 1.29 is 23.7 Å². The van der Waals surface area contributed by atoms with Gasteiger partial charge in [-0.2, -0.15) is 0 Å². The van der Waals surface area contributed by atoms with Crippen molar-refractivity contribution in [1.82, 2.24) is 4.90 Å². The molecule has 0 atom stereocenters. The smallest absolute Gasteiger partial charge is 0.341 e. The number of hydrogen-bond acceptors (Lipinski definition) is 6. The van der Waals surface area contributed by atoms with Gasteiger partial charge in [-0.05, 0) is 28.8 Å². The Morgan fingerprint density at radius 1 is 1.10 bits per heavy atom. The van der Waals surface area contributed by atoms with E-state index in [9.17, 15) is 4.79 Å². The molecular formula is C23H27NO5. The molecule has 6 heteroatoms. The van der Waals surface area contributed by atoms with Crippen molar-refractivity contribution in [3.05, 3.63) is 71.5 Å². The first-order valence-electron chi connectivity index (χ1n) is 9.62. The third-order valence-electron chi connectivity index (χ3n) is 4.75. The maximum absolute atomic E-state index is 12.1. The van der Waals surface area contributed by atoms with Gasteiger partial charge in [0, 0.05) is 19.6 Å². The SMILES string of the molecule is COC=C(C(=O)OC)c1ccccc1COc1cccc(CN2CCOCC2)c1. The van der Waals surface area contributed by atoms with E-state index in [0.29, 0.717) is 12.2 Å². The molecule has 0 saturated carbocycles. The monoisotopic (exact) mass is 397 g/mol. The molecule has 154 valence electrons. The molecule has 1 aliphatic heterocycles. The fraction of sp³-hybridized carbons (Fsp3) is 0.348. The Morgan fingerprint density at radius 3 is 2.66 bits per heavy atom. The van der Waals surface area contributed by atoms with Crippen LogP contribution in [0.15, 0.2) is 54.8 Å². The number of ether oxygens (including phenoxy) is 4. The fourth-order valence-electron chi connectivity index (χ4n) is 3.27. The third kappa shape index (κ3) is 5.82. The topological polar surface area (TPSA) is 57.2 Å². The predicted octanol–water partition coefficient (Wildman–Crippen LogP) is 3.26. The van der Waals surface area contributed by atoms with Crippen LogP contribution in [0, 0.1) is 0 Å². The van der Waals surface area contributed by atoms with Gasteiger partial charge in [-0.15, -0.1) is 0 Å². The number of carbonyl (C=O) groups is 1. The van der Waals surface area contributed by atoms with Crippen molar-refractivity contribution in [2.75, 3.05) is 40.5 Å². The average Bonchev–Trinajstić information content (AvgIpc) is 2.77. The molecule has 0 bridgehead atoms. The second-order valence-corrected chi connectivity index (χ2v) is 6.74. The van der Waals surface area contributed by atoms with E-state index in [4.69, 9.17) is 18.9 Å². The Balaban J connectivity index is 1.71. The molecule has 1 heterocycles. The second-order valence-electron chi connectivity index (χ2n) is 6.74. The molecule has 0 N–H and O–H groups in total. The number of benzene rings is 2. The van der Waals surface area contributed by atoms with Crippen molar-refractivity contribution >= 4 is 11.5 Å². The van der Waals surface area contributed by atoms with Gasteiger partial charge in [0.15, 0.2) is 0 Å². The molecule has 0 amide bonds. The van der Waals surface area contributed by atoms with Crippen LogP contribution in [-0.2, 0) is 32.2 Å². The highest BCUT2D eigenvalue weighted by atomic mass is 16.5. The van der Waals surface area contributed by atoms with Gasteiger partial charge in [0.05, 0.1) is 33.7 Å². The van der Waals surface area contributed by atoms with Gasteiger partial charge in [-0.25, -0.2) is 4.79 Å². The Hall–Kier alpha value is -2.83. The van der Waals surface area contributed by atoms with E-state index in [-0.39, 0.29) is 0 Å². The van der Waals surface area contributed by atoms with Crippen LogP contribution >= 0.6 is 0 Å². The molecule has 1 fully saturated rings. The molecule has 3 rings (SSSR count). The molecular weight excluding hydrogens is 370 g/mol. The van der Waals surface area contributed by atoms with E-state index < -0.39 is 5.97 Å². The van der Waals surface area contributed by atoms with Crippen molar-refractivity contribution in [1.29, 1.82) is 0 Å². The summed E-state index contributed by atoms with van der Waals surface area (Å²) in [6, 6.07) is 15.7. The first-order chi connectivity index (χ1) is 14.2. The summed E-state index contributed by atoms with van der Waals surface area (Å²) in [5, 5.41) is 0. The van der Waals surface area contributed by atoms with Crippen LogP contribution in [0.5, 0.6) is 5.75 Å². The normalized spacial score (nSPS) is 15.0. The van der Waals surface area contributed by atoms with Crippen molar-refractivity contribution in [3.8, 4) is 5.75 Å². The van der Waals surface area contributed by atoms with Crippen molar-refractivity contribution in [3.63, 3.8) is 0 Å².